The van der Waals surface area contributed by atoms with Crippen LogP contribution in [0.25, 0.3) is 0 Å². The number of carbonyl (C=O) groups excluding carboxylic acids is 3. The number of hydrogen-bond donors (Lipinski definition) is 0. The SMILES string of the molecule is CCCCCCCCCCCCCCCCCCCC(=O)OC[C@@H](COC(=O)CCCCCCCCCCCCCCCCCCCCC(C)C)OC(=O)CCCCCCCCCCCCCCCCCCC(C)C. The molecule has 0 unspecified atom stereocenters. The number of hydrogen-bond acceptors (Lipinski definition) is 6. The third kappa shape index (κ3) is 63.1. The molecule has 0 radical (unpaired) electrons. The van der Waals surface area contributed by atoms with E-state index in [-0.39, 0.29) is 31.1 Å². The van der Waals surface area contributed by atoms with E-state index in [1.165, 1.54) is 283 Å². The zero-order valence-corrected chi connectivity index (χ0v) is 51.7. The molecule has 0 spiro atoms. The van der Waals surface area contributed by atoms with Crippen molar-refractivity contribution >= 4 is 17.9 Å². The molecule has 6 heteroatoms. The monoisotopic (exact) mass is 1060 g/mol. The van der Waals surface area contributed by atoms with Crippen LogP contribution in [0.3, 0.4) is 0 Å². The Morgan fingerprint density at radius 1 is 0.253 bits per heavy atom. The molecule has 0 rings (SSSR count). The summed E-state index contributed by atoms with van der Waals surface area (Å²) in [7, 11) is 0. The van der Waals surface area contributed by atoms with Gasteiger partial charge in [0.25, 0.3) is 0 Å². The predicted molar refractivity (Wildman–Crippen MR) is 326 cm³/mol. The molecule has 0 aliphatic carbocycles. The van der Waals surface area contributed by atoms with Crippen molar-refractivity contribution in [3.8, 4) is 0 Å². The van der Waals surface area contributed by atoms with Gasteiger partial charge in [-0.25, -0.2) is 0 Å². The molecule has 0 bridgehead atoms. The average molecular weight is 1060 g/mol. The summed E-state index contributed by atoms with van der Waals surface area (Å²) in [6.07, 6.45) is 69.7. The largest absolute Gasteiger partial charge is 0.462 e. The van der Waals surface area contributed by atoms with Crippen LogP contribution >= 0.6 is 0 Å². The smallest absolute Gasteiger partial charge is 0.306 e. The summed E-state index contributed by atoms with van der Waals surface area (Å²) in [5.74, 6) is 0.886. The molecule has 0 aromatic heterocycles. The van der Waals surface area contributed by atoms with E-state index in [2.05, 4.69) is 34.6 Å². The molecule has 6 nitrogen and oxygen atoms in total. The molecule has 0 N–H and O–H groups in total. The number of esters is 3. The normalized spacial score (nSPS) is 12.0. The second-order valence-corrected chi connectivity index (χ2v) is 24.8. The highest BCUT2D eigenvalue weighted by Crippen LogP contribution is 2.20. The summed E-state index contributed by atoms with van der Waals surface area (Å²) in [6.45, 7) is 11.5. The summed E-state index contributed by atoms with van der Waals surface area (Å²) >= 11 is 0. The number of rotatable bonds is 63. The van der Waals surface area contributed by atoms with Gasteiger partial charge in [0.05, 0.1) is 0 Å². The van der Waals surface area contributed by atoms with Gasteiger partial charge in [0.15, 0.2) is 6.10 Å². The van der Waals surface area contributed by atoms with E-state index in [1.807, 2.05) is 0 Å². The van der Waals surface area contributed by atoms with Crippen molar-refractivity contribution in [2.75, 3.05) is 13.2 Å². The zero-order valence-electron chi connectivity index (χ0n) is 51.7. The average Bonchev–Trinajstić information content (AvgIpc) is 3.39. The lowest BCUT2D eigenvalue weighted by Gasteiger charge is -2.18. The summed E-state index contributed by atoms with van der Waals surface area (Å²) in [5, 5.41) is 0. The Balaban J connectivity index is 4.27. The lowest BCUT2D eigenvalue weighted by atomic mass is 10.0. The van der Waals surface area contributed by atoms with Crippen LogP contribution in [0.1, 0.15) is 394 Å². The Kier molecular flexibility index (Phi) is 60.3. The molecule has 0 amide bonds. The van der Waals surface area contributed by atoms with E-state index in [9.17, 15) is 14.4 Å². The first-order chi connectivity index (χ1) is 36.7. The van der Waals surface area contributed by atoms with Crippen molar-refractivity contribution in [3.05, 3.63) is 0 Å². The maximum atomic E-state index is 12.9. The first-order valence-electron chi connectivity index (χ1n) is 34.2. The highest BCUT2D eigenvalue weighted by atomic mass is 16.6. The predicted octanol–water partition coefficient (Wildman–Crippen LogP) is 23.2. The van der Waals surface area contributed by atoms with E-state index >= 15 is 0 Å². The van der Waals surface area contributed by atoms with Gasteiger partial charge in [0, 0.05) is 19.3 Å². The molecule has 0 saturated carbocycles. The zero-order chi connectivity index (χ0) is 54.6. The molecular weight excluding hydrogens is 925 g/mol. The standard InChI is InChI=1S/C69H134O6/c1-6-7-8-9-10-11-12-13-14-17-24-29-34-39-44-49-54-59-67(70)73-62-66(75-69(72)61-56-51-46-41-36-31-26-21-20-23-28-33-38-43-48-53-58-65(4)5)63-74-68(71)60-55-50-45-40-35-30-25-19-16-15-18-22-27-32-37-42-47-52-57-64(2)3/h64-66H,6-63H2,1-5H3/t66-/m0/s1. The summed E-state index contributed by atoms with van der Waals surface area (Å²) in [4.78, 5) is 38.4. The van der Waals surface area contributed by atoms with Crippen LogP contribution < -0.4 is 0 Å². The van der Waals surface area contributed by atoms with Crippen LogP contribution in [0.5, 0.6) is 0 Å². The topological polar surface area (TPSA) is 78.9 Å². The van der Waals surface area contributed by atoms with Gasteiger partial charge in [-0.1, -0.05) is 356 Å². The van der Waals surface area contributed by atoms with Crippen molar-refractivity contribution in [1.29, 1.82) is 0 Å². The quantitative estimate of drug-likeness (QED) is 0.0343. The van der Waals surface area contributed by atoms with Crippen molar-refractivity contribution in [1.82, 2.24) is 0 Å². The van der Waals surface area contributed by atoms with Gasteiger partial charge in [-0.2, -0.15) is 0 Å². The molecule has 0 aromatic carbocycles. The third-order valence-corrected chi connectivity index (χ3v) is 16.0. The van der Waals surface area contributed by atoms with E-state index in [0.717, 1.165) is 69.6 Å². The molecule has 0 heterocycles. The lowest BCUT2D eigenvalue weighted by molar-refractivity contribution is -0.167. The maximum Gasteiger partial charge on any atom is 0.306 e. The second-order valence-electron chi connectivity index (χ2n) is 24.8. The molecule has 75 heavy (non-hydrogen) atoms. The molecule has 0 fully saturated rings. The van der Waals surface area contributed by atoms with E-state index < -0.39 is 6.10 Å². The van der Waals surface area contributed by atoms with Gasteiger partial charge < -0.3 is 14.2 Å². The Labute approximate surface area is 469 Å². The highest BCUT2D eigenvalue weighted by molar-refractivity contribution is 5.71. The van der Waals surface area contributed by atoms with Crippen LogP contribution in [0, 0.1) is 11.8 Å². The molecular formula is C69H134O6. The van der Waals surface area contributed by atoms with E-state index in [1.54, 1.807) is 0 Å². The fourth-order valence-corrected chi connectivity index (χ4v) is 10.8. The van der Waals surface area contributed by atoms with Crippen molar-refractivity contribution in [2.45, 2.75) is 400 Å². The van der Waals surface area contributed by atoms with E-state index in [0.29, 0.717) is 19.3 Å². The van der Waals surface area contributed by atoms with Crippen molar-refractivity contribution in [3.63, 3.8) is 0 Å². The van der Waals surface area contributed by atoms with Gasteiger partial charge in [-0.3, -0.25) is 14.4 Å². The molecule has 0 saturated heterocycles. The lowest BCUT2D eigenvalue weighted by Crippen LogP contribution is -2.30. The van der Waals surface area contributed by atoms with Crippen LogP contribution in [0.4, 0.5) is 0 Å². The highest BCUT2D eigenvalue weighted by Gasteiger charge is 2.20. The van der Waals surface area contributed by atoms with Crippen LogP contribution in [-0.4, -0.2) is 37.2 Å². The second kappa shape index (κ2) is 61.6. The fraction of sp³-hybridized carbons (Fsp3) is 0.957. The van der Waals surface area contributed by atoms with Gasteiger partial charge >= 0.3 is 17.9 Å². The molecule has 1 atom stereocenters. The minimum Gasteiger partial charge on any atom is -0.462 e. The first kappa shape index (κ1) is 73.4. The van der Waals surface area contributed by atoms with Crippen molar-refractivity contribution in [2.24, 2.45) is 11.8 Å². The minimum atomic E-state index is -0.764. The Morgan fingerprint density at radius 3 is 0.653 bits per heavy atom. The Hall–Kier alpha value is -1.59. The summed E-state index contributed by atoms with van der Waals surface area (Å²) in [5.41, 5.74) is 0. The van der Waals surface area contributed by atoms with Crippen LogP contribution in [0.2, 0.25) is 0 Å². The fourth-order valence-electron chi connectivity index (χ4n) is 10.8. The summed E-state index contributed by atoms with van der Waals surface area (Å²) < 4.78 is 17.0. The molecule has 0 aromatic rings. The molecule has 0 aliphatic rings. The number of ether oxygens (including phenoxy) is 3. The number of unbranched alkanes of at least 4 members (excludes halogenated alkanes) is 48. The third-order valence-electron chi connectivity index (χ3n) is 16.0. The van der Waals surface area contributed by atoms with Crippen LogP contribution in [0.15, 0.2) is 0 Å². The van der Waals surface area contributed by atoms with Gasteiger partial charge in [0.2, 0.25) is 0 Å². The van der Waals surface area contributed by atoms with Crippen molar-refractivity contribution < 1.29 is 28.6 Å². The Bertz CT molecular complexity index is 1150. The first-order valence-corrected chi connectivity index (χ1v) is 34.2. The maximum absolute atomic E-state index is 12.9. The summed E-state index contributed by atoms with van der Waals surface area (Å²) in [6, 6.07) is 0. The van der Waals surface area contributed by atoms with Gasteiger partial charge in [-0.15, -0.1) is 0 Å². The molecule has 446 valence electrons. The van der Waals surface area contributed by atoms with E-state index in [4.69, 9.17) is 14.2 Å². The van der Waals surface area contributed by atoms with Gasteiger partial charge in [-0.05, 0) is 31.1 Å². The van der Waals surface area contributed by atoms with Gasteiger partial charge in [0.1, 0.15) is 13.2 Å². The molecule has 0 aliphatic heterocycles. The Morgan fingerprint density at radius 2 is 0.440 bits per heavy atom. The minimum absolute atomic E-state index is 0.0613. The van der Waals surface area contributed by atoms with Crippen LogP contribution in [-0.2, 0) is 28.6 Å². The number of carbonyl (C=O) groups is 3.